The lowest BCUT2D eigenvalue weighted by Crippen LogP contribution is -2.24. The lowest BCUT2D eigenvalue weighted by molar-refractivity contribution is -0.386. The van der Waals surface area contributed by atoms with Crippen LogP contribution in [0.2, 0.25) is 0 Å². The van der Waals surface area contributed by atoms with Crippen molar-refractivity contribution in [2.75, 3.05) is 0 Å². The molecule has 2 N–H and O–H groups in total. The second kappa shape index (κ2) is 4.41. The van der Waals surface area contributed by atoms with Gasteiger partial charge in [0.2, 0.25) is 5.75 Å². The van der Waals surface area contributed by atoms with E-state index in [9.17, 15) is 28.1 Å². The molecule has 0 bridgehead atoms. The van der Waals surface area contributed by atoms with Gasteiger partial charge in [0.25, 0.3) is 11.2 Å². The van der Waals surface area contributed by atoms with Crippen molar-refractivity contribution in [2.45, 2.75) is 13.0 Å². The van der Waals surface area contributed by atoms with Crippen LogP contribution >= 0.6 is 0 Å². The lowest BCUT2D eigenvalue weighted by atomic mass is 10.2. The Bertz CT molecular complexity index is 495. The summed E-state index contributed by atoms with van der Waals surface area (Å²) < 4.78 is 39.2. The van der Waals surface area contributed by atoms with Gasteiger partial charge in [0, 0.05) is 0 Å². The number of aliphatic hydroxyl groups excluding tert-OH is 1. The minimum atomic E-state index is -5.19. The Labute approximate surface area is 90.6 Å². The van der Waals surface area contributed by atoms with Gasteiger partial charge >= 0.3 is 6.36 Å². The van der Waals surface area contributed by atoms with Gasteiger partial charge in [-0.05, 0) is 0 Å². The molecule has 0 aliphatic heterocycles. The molecule has 1 aromatic heterocycles. The van der Waals surface area contributed by atoms with Crippen molar-refractivity contribution in [3.8, 4) is 5.75 Å². The second-order valence-corrected chi connectivity index (χ2v) is 2.77. The number of nitro groups is 1. The Morgan fingerprint density at radius 2 is 2.12 bits per heavy atom. The first-order valence-electron chi connectivity index (χ1n) is 4.02. The Balaban J connectivity index is 3.41. The number of aromatic amines is 1. The van der Waals surface area contributed by atoms with Crippen LogP contribution in [0.4, 0.5) is 18.9 Å². The maximum atomic E-state index is 11.9. The number of nitrogens with zero attached hydrogens (tertiary/aromatic N) is 1. The molecule has 0 unspecified atom stereocenters. The summed E-state index contributed by atoms with van der Waals surface area (Å²) in [4.78, 5) is 22.1. The molecule has 17 heavy (non-hydrogen) atoms. The van der Waals surface area contributed by atoms with Crippen molar-refractivity contribution in [1.82, 2.24) is 4.98 Å². The third kappa shape index (κ3) is 2.93. The Morgan fingerprint density at radius 3 is 2.53 bits per heavy atom. The number of aromatic nitrogens is 1. The number of alkyl halides is 3. The van der Waals surface area contributed by atoms with Gasteiger partial charge in [-0.25, -0.2) is 0 Å². The molecule has 94 valence electrons. The summed E-state index contributed by atoms with van der Waals surface area (Å²) in [7, 11) is 0. The third-order valence-electron chi connectivity index (χ3n) is 1.70. The number of pyridine rings is 1. The van der Waals surface area contributed by atoms with Crippen LogP contribution in [0.15, 0.2) is 11.0 Å². The molecule has 0 aromatic carbocycles. The molecule has 1 aromatic rings. The van der Waals surface area contributed by atoms with Crippen LogP contribution in [-0.4, -0.2) is 21.4 Å². The Morgan fingerprint density at radius 1 is 1.53 bits per heavy atom. The van der Waals surface area contributed by atoms with Gasteiger partial charge in [0.15, 0.2) is 0 Å². The predicted molar refractivity (Wildman–Crippen MR) is 46.3 cm³/mol. The number of nitrogens with one attached hydrogen (secondary N) is 1. The highest BCUT2D eigenvalue weighted by atomic mass is 19.4. The molecule has 0 saturated heterocycles. The molecule has 1 rings (SSSR count). The zero-order chi connectivity index (χ0) is 13.2. The Hall–Kier alpha value is -2.10. The fourth-order valence-electron chi connectivity index (χ4n) is 1.08. The van der Waals surface area contributed by atoms with Crippen molar-refractivity contribution in [3.05, 3.63) is 32.2 Å². The summed E-state index contributed by atoms with van der Waals surface area (Å²) in [5, 5.41) is 19.2. The van der Waals surface area contributed by atoms with Crippen molar-refractivity contribution >= 4 is 5.69 Å². The summed E-state index contributed by atoms with van der Waals surface area (Å²) in [5.74, 6) is -1.34. The van der Waals surface area contributed by atoms with Crippen LogP contribution in [0.1, 0.15) is 5.56 Å². The van der Waals surface area contributed by atoms with Gasteiger partial charge < -0.3 is 14.8 Å². The zero-order valence-electron chi connectivity index (χ0n) is 7.95. The molecular formula is C7H5F3N2O5. The zero-order valence-corrected chi connectivity index (χ0v) is 7.95. The van der Waals surface area contributed by atoms with Crippen LogP contribution in [0.25, 0.3) is 0 Å². The van der Waals surface area contributed by atoms with Crippen molar-refractivity contribution in [2.24, 2.45) is 0 Å². The van der Waals surface area contributed by atoms with E-state index in [1.165, 1.54) is 0 Å². The first-order valence-corrected chi connectivity index (χ1v) is 4.02. The highest BCUT2D eigenvalue weighted by Gasteiger charge is 2.35. The van der Waals surface area contributed by atoms with Gasteiger partial charge in [-0.2, -0.15) is 0 Å². The van der Waals surface area contributed by atoms with Crippen molar-refractivity contribution < 1.29 is 27.9 Å². The van der Waals surface area contributed by atoms with E-state index < -0.39 is 40.5 Å². The fourth-order valence-corrected chi connectivity index (χ4v) is 1.08. The maximum absolute atomic E-state index is 11.9. The van der Waals surface area contributed by atoms with E-state index in [-0.39, 0.29) is 0 Å². The number of hydrogen-bond donors (Lipinski definition) is 2. The summed E-state index contributed by atoms with van der Waals surface area (Å²) in [6.07, 6.45) is -4.61. The topological polar surface area (TPSA) is 105 Å². The summed E-state index contributed by atoms with van der Waals surface area (Å²) in [6, 6.07) is 0. The average Bonchev–Trinajstić information content (AvgIpc) is 2.18. The molecule has 0 aliphatic carbocycles. The van der Waals surface area contributed by atoms with Crippen LogP contribution < -0.4 is 10.3 Å². The van der Waals surface area contributed by atoms with E-state index in [0.29, 0.717) is 6.20 Å². The van der Waals surface area contributed by atoms with E-state index in [0.717, 1.165) is 0 Å². The molecule has 1 heterocycles. The molecule has 0 atom stereocenters. The van der Waals surface area contributed by atoms with E-state index >= 15 is 0 Å². The molecule has 0 amide bonds. The predicted octanol–water partition coefficient (Wildman–Crippen LogP) is 0.674. The molecule has 0 saturated carbocycles. The maximum Gasteiger partial charge on any atom is 0.573 e. The van der Waals surface area contributed by atoms with E-state index in [4.69, 9.17) is 5.11 Å². The molecule has 0 radical (unpaired) electrons. The normalized spacial score (nSPS) is 11.3. The molecular weight excluding hydrogens is 249 g/mol. The van der Waals surface area contributed by atoms with Crippen molar-refractivity contribution in [1.29, 1.82) is 0 Å². The summed E-state index contributed by atoms with van der Waals surface area (Å²) in [6.45, 7) is -1.13. The number of hydrogen-bond acceptors (Lipinski definition) is 5. The van der Waals surface area contributed by atoms with Crippen LogP contribution in [-0.2, 0) is 6.61 Å². The third-order valence-corrected chi connectivity index (χ3v) is 1.70. The Kier molecular flexibility index (Phi) is 3.36. The lowest BCUT2D eigenvalue weighted by Gasteiger charge is -2.10. The first kappa shape index (κ1) is 13.0. The second-order valence-electron chi connectivity index (χ2n) is 2.77. The molecule has 7 nitrogen and oxygen atoms in total. The number of ether oxygens (including phenoxy) is 1. The smallest absolute Gasteiger partial charge is 0.399 e. The van der Waals surface area contributed by atoms with Gasteiger partial charge in [0.1, 0.15) is 5.56 Å². The average molecular weight is 254 g/mol. The van der Waals surface area contributed by atoms with E-state index in [2.05, 4.69) is 4.74 Å². The van der Waals surface area contributed by atoms with Crippen LogP contribution in [0.5, 0.6) is 5.75 Å². The van der Waals surface area contributed by atoms with E-state index in [1.54, 1.807) is 4.98 Å². The van der Waals surface area contributed by atoms with Gasteiger partial charge in [-0.15, -0.1) is 13.2 Å². The molecule has 0 fully saturated rings. The quantitative estimate of drug-likeness (QED) is 0.609. The number of halogens is 3. The monoisotopic (exact) mass is 254 g/mol. The van der Waals surface area contributed by atoms with E-state index in [1.807, 2.05) is 0 Å². The minimum absolute atomic E-state index is 0.580. The van der Waals surface area contributed by atoms with Gasteiger partial charge in [-0.1, -0.05) is 0 Å². The highest BCUT2D eigenvalue weighted by molar-refractivity contribution is 5.46. The largest absolute Gasteiger partial charge is 0.573 e. The highest BCUT2D eigenvalue weighted by Crippen LogP contribution is 2.28. The molecule has 0 spiro atoms. The fraction of sp³-hybridized carbons (Fsp3) is 0.286. The SMILES string of the molecule is O=c1[nH]cc([N+](=O)[O-])c(CO)c1OC(F)(F)F. The van der Waals surface area contributed by atoms with Gasteiger partial charge in [-0.3, -0.25) is 14.9 Å². The van der Waals surface area contributed by atoms with Gasteiger partial charge in [0.05, 0.1) is 17.7 Å². The minimum Gasteiger partial charge on any atom is -0.399 e. The number of rotatable bonds is 3. The summed E-state index contributed by atoms with van der Waals surface area (Å²) in [5.41, 5.74) is -3.03. The first-order chi connectivity index (χ1) is 7.76. The van der Waals surface area contributed by atoms with Crippen LogP contribution in [0, 0.1) is 10.1 Å². The van der Waals surface area contributed by atoms with Crippen LogP contribution in [0.3, 0.4) is 0 Å². The number of aliphatic hydroxyl groups is 1. The molecule has 0 aliphatic rings. The van der Waals surface area contributed by atoms with Crippen molar-refractivity contribution in [3.63, 3.8) is 0 Å². The number of H-pyrrole nitrogens is 1. The molecule has 10 heteroatoms. The standard InChI is InChI=1S/C7H5F3N2O5/c8-7(9,10)17-5-3(2-13)4(12(15)16)1-11-6(5)14/h1,13H,2H2,(H,11,14). The summed E-state index contributed by atoms with van der Waals surface area (Å²) >= 11 is 0.